The summed E-state index contributed by atoms with van der Waals surface area (Å²) >= 11 is 0. The minimum atomic E-state index is -1.83. The van der Waals surface area contributed by atoms with Gasteiger partial charge in [0.1, 0.15) is 0 Å². The Kier molecular flexibility index (Phi) is 52.6. The van der Waals surface area contributed by atoms with E-state index < -0.39 is 6.16 Å². The van der Waals surface area contributed by atoms with E-state index in [1.165, 1.54) is 0 Å². The maximum Gasteiger partial charge on any atom is 0.503 e. The highest BCUT2D eigenvalue weighted by Crippen LogP contribution is 1.42. The number of rotatable bonds is 0. The van der Waals surface area contributed by atoms with E-state index in [4.69, 9.17) is 15.0 Å². The molecule has 2 N–H and O–H groups in total. The molecular formula is CH8Mg3O3. The Morgan fingerprint density at radius 1 is 1.00 bits per heavy atom. The van der Waals surface area contributed by atoms with Crippen molar-refractivity contribution < 1.29 is 15.0 Å². The second kappa shape index (κ2) is 15.6. The lowest BCUT2D eigenvalue weighted by Gasteiger charge is -1.60. The number of hydrogen-bond donors (Lipinski definition) is 2. The van der Waals surface area contributed by atoms with Gasteiger partial charge in [-0.15, -0.1) is 0 Å². The summed E-state index contributed by atoms with van der Waals surface area (Å²) in [5.41, 5.74) is 0. The highest BCUT2D eigenvalue weighted by molar-refractivity contribution is 5.76. The molecule has 0 aromatic heterocycles. The van der Waals surface area contributed by atoms with Gasteiger partial charge in [0.25, 0.3) is 0 Å². The third kappa shape index (κ3) is 95.4. The fourth-order valence-corrected chi connectivity index (χ4v) is 0. The van der Waals surface area contributed by atoms with Crippen molar-refractivity contribution in [3.63, 3.8) is 0 Å². The predicted molar refractivity (Wildman–Crippen MR) is 36.3 cm³/mol. The molecule has 0 aliphatic carbocycles. The minimum Gasteiger partial charge on any atom is -0.450 e. The number of hydrogen-bond acceptors (Lipinski definition) is 1. The lowest BCUT2D eigenvalue weighted by atomic mass is 11.5. The second-order valence-corrected chi connectivity index (χ2v) is 0.283. The zero-order valence-electron chi connectivity index (χ0n) is 1.80. The minimum absolute atomic E-state index is 0. The average Bonchev–Trinajstić information content (AvgIpc) is 0.811. The summed E-state index contributed by atoms with van der Waals surface area (Å²) in [6.45, 7) is 0. The number of carbonyl (C=O) groups is 1. The summed E-state index contributed by atoms with van der Waals surface area (Å²) < 4.78 is 0. The quantitative estimate of drug-likeness (QED) is 0.366. The molecule has 0 saturated carbocycles. The van der Waals surface area contributed by atoms with Crippen LogP contribution in [-0.2, 0) is 0 Å². The van der Waals surface area contributed by atoms with E-state index in [2.05, 4.69) is 0 Å². The van der Waals surface area contributed by atoms with Crippen molar-refractivity contribution in [2.75, 3.05) is 0 Å². The van der Waals surface area contributed by atoms with Crippen molar-refractivity contribution in [3.05, 3.63) is 0 Å². The molecule has 0 bridgehead atoms. The lowest BCUT2D eigenvalue weighted by Crippen LogP contribution is -1.81. The van der Waals surface area contributed by atoms with Gasteiger partial charge in [0.2, 0.25) is 0 Å². The van der Waals surface area contributed by atoms with Crippen LogP contribution in [0.25, 0.3) is 0 Å². The summed E-state index contributed by atoms with van der Waals surface area (Å²) in [5.74, 6) is 0. The van der Waals surface area contributed by atoms with Gasteiger partial charge in [-0.05, 0) is 0 Å². The Morgan fingerprint density at radius 3 is 1.00 bits per heavy atom. The molecule has 0 aliphatic rings. The Hall–Kier alpha value is 1.57. The van der Waals surface area contributed by atoms with Gasteiger partial charge in [-0.3, -0.25) is 0 Å². The molecule has 0 spiro atoms. The first-order valence-corrected chi connectivity index (χ1v) is 0.651. The maximum absolute atomic E-state index is 8.56. The van der Waals surface area contributed by atoms with Crippen LogP contribution < -0.4 is 0 Å². The van der Waals surface area contributed by atoms with E-state index >= 15 is 0 Å². The summed E-state index contributed by atoms with van der Waals surface area (Å²) in [6.07, 6.45) is -1.83. The Labute approximate surface area is 89.3 Å². The topological polar surface area (TPSA) is 57.5 Å². The molecule has 0 atom stereocenters. The summed E-state index contributed by atoms with van der Waals surface area (Å²) in [6, 6.07) is 0. The van der Waals surface area contributed by atoms with Crippen LogP contribution in [0.15, 0.2) is 0 Å². The molecule has 0 amide bonds. The highest BCUT2D eigenvalue weighted by Gasteiger charge is 1.70. The van der Waals surface area contributed by atoms with E-state index in [9.17, 15) is 0 Å². The van der Waals surface area contributed by atoms with Crippen LogP contribution in [0.3, 0.4) is 0 Å². The van der Waals surface area contributed by atoms with Crippen LogP contribution in [0, 0.1) is 0 Å². The van der Waals surface area contributed by atoms with Crippen molar-refractivity contribution >= 4 is 75.3 Å². The monoisotopic (exact) mass is 140 g/mol. The molecule has 7 heavy (non-hydrogen) atoms. The normalized spacial score (nSPS) is 3.43. The van der Waals surface area contributed by atoms with Gasteiger partial charge in [0.15, 0.2) is 0 Å². The van der Waals surface area contributed by atoms with Crippen LogP contribution in [0.4, 0.5) is 4.79 Å². The van der Waals surface area contributed by atoms with Crippen molar-refractivity contribution in [1.29, 1.82) is 0 Å². The van der Waals surface area contributed by atoms with E-state index in [1.54, 1.807) is 0 Å². The van der Waals surface area contributed by atoms with Gasteiger partial charge in [-0.1, -0.05) is 0 Å². The summed E-state index contributed by atoms with van der Waals surface area (Å²) in [5, 5.41) is 13.9. The van der Waals surface area contributed by atoms with Crippen LogP contribution >= 0.6 is 0 Å². The van der Waals surface area contributed by atoms with Crippen LogP contribution in [-0.4, -0.2) is 85.5 Å². The average molecular weight is 141 g/mol. The maximum atomic E-state index is 8.56. The molecule has 36 valence electrons. The summed E-state index contributed by atoms with van der Waals surface area (Å²) in [4.78, 5) is 8.56. The zero-order valence-corrected chi connectivity index (χ0v) is 1.80. The third-order valence-corrected chi connectivity index (χ3v) is 0. The van der Waals surface area contributed by atoms with Crippen molar-refractivity contribution in [2.45, 2.75) is 0 Å². The standard InChI is InChI=1S/CH2O3.3Mg.6H/c2-1(3)4;;;;;;;;;/h(H2,2,3,4);;;;;;;;;. The molecule has 0 heterocycles. The molecule has 0 aromatic rings. The first-order chi connectivity index (χ1) is 1.73. The zero-order chi connectivity index (χ0) is 3.58. The number of carboxylic acid groups (broad SMARTS) is 2. The van der Waals surface area contributed by atoms with Gasteiger partial charge in [0, 0.05) is 0 Å². The first kappa shape index (κ1) is 23.5. The molecule has 0 unspecified atom stereocenters. The third-order valence-electron chi connectivity index (χ3n) is 0. The fraction of sp³-hybridized carbons (Fsp3) is 0. The molecular weight excluding hydrogens is 133 g/mol. The Morgan fingerprint density at radius 2 is 1.00 bits per heavy atom. The fourth-order valence-electron chi connectivity index (χ4n) is 0. The van der Waals surface area contributed by atoms with Crippen LogP contribution in [0.1, 0.15) is 0 Å². The molecule has 0 aliphatic heterocycles. The van der Waals surface area contributed by atoms with Gasteiger partial charge in [-0.2, -0.15) is 0 Å². The van der Waals surface area contributed by atoms with Crippen LogP contribution in [0.5, 0.6) is 0 Å². The van der Waals surface area contributed by atoms with E-state index in [0.717, 1.165) is 0 Å². The molecule has 0 saturated heterocycles. The van der Waals surface area contributed by atoms with Gasteiger partial charge >= 0.3 is 75.3 Å². The van der Waals surface area contributed by atoms with Crippen molar-refractivity contribution in [2.24, 2.45) is 0 Å². The van der Waals surface area contributed by atoms with Gasteiger partial charge in [-0.25, -0.2) is 4.79 Å². The lowest BCUT2D eigenvalue weighted by molar-refractivity contribution is 0.137. The second-order valence-electron chi connectivity index (χ2n) is 0.283. The van der Waals surface area contributed by atoms with Crippen molar-refractivity contribution in [3.8, 4) is 0 Å². The van der Waals surface area contributed by atoms with E-state index in [1.807, 2.05) is 0 Å². The molecule has 0 radical (unpaired) electrons. The highest BCUT2D eigenvalue weighted by atomic mass is 24.3. The molecule has 0 aromatic carbocycles. The molecule has 0 fully saturated rings. The first-order valence-electron chi connectivity index (χ1n) is 0.651. The Balaban J connectivity index is -0.0000000150. The molecule has 3 nitrogen and oxygen atoms in total. The Bertz CT molecular complexity index is 33.2. The van der Waals surface area contributed by atoms with E-state index in [-0.39, 0.29) is 69.2 Å². The van der Waals surface area contributed by atoms with Gasteiger partial charge < -0.3 is 10.2 Å². The van der Waals surface area contributed by atoms with E-state index in [0.29, 0.717) is 0 Å². The van der Waals surface area contributed by atoms with Gasteiger partial charge in [0.05, 0.1) is 0 Å². The van der Waals surface area contributed by atoms with Crippen molar-refractivity contribution in [1.82, 2.24) is 0 Å². The SMILES string of the molecule is O=C(O)O.[MgH2].[MgH2].[MgH2]. The predicted octanol–water partition coefficient (Wildman–Crippen LogP) is -2.53. The summed E-state index contributed by atoms with van der Waals surface area (Å²) in [7, 11) is 0. The van der Waals surface area contributed by atoms with Crippen LogP contribution in [0.2, 0.25) is 0 Å². The smallest absolute Gasteiger partial charge is 0.450 e. The largest absolute Gasteiger partial charge is 0.503 e. The molecule has 6 heteroatoms. The molecule has 0 rings (SSSR count).